The van der Waals surface area contributed by atoms with Crippen molar-refractivity contribution in [3.05, 3.63) is 47.0 Å². The molecule has 0 radical (unpaired) electrons. The van der Waals surface area contributed by atoms with Gasteiger partial charge in [0.2, 0.25) is 5.75 Å². The van der Waals surface area contributed by atoms with Gasteiger partial charge in [-0.05, 0) is 31.0 Å². The molecule has 166 valence electrons. The smallest absolute Gasteiger partial charge is 0.203 e. The van der Waals surface area contributed by atoms with Crippen molar-refractivity contribution >= 4 is 29.9 Å². The van der Waals surface area contributed by atoms with E-state index in [4.69, 9.17) is 18.9 Å². The van der Waals surface area contributed by atoms with Crippen molar-refractivity contribution in [3.8, 4) is 23.0 Å². The number of benzene rings is 2. The summed E-state index contributed by atoms with van der Waals surface area (Å²) < 4.78 is 21.8. The molecule has 0 amide bonds. The number of rotatable bonds is 9. The second-order valence-corrected chi connectivity index (χ2v) is 6.41. The molecule has 0 fully saturated rings. The molecule has 8 heteroatoms. The molecule has 0 saturated carbocycles. The third-order valence-electron chi connectivity index (χ3n) is 4.58. The van der Waals surface area contributed by atoms with E-state index < -0.39 is 0 Å². The Balaban J connectivity index is 0.00000450. The number of guanidine groups is 1. The van der Waals surface area contributed by atoms with Crippen molar-refractivity contribution < 1.29 is 18.9 Å². The summed E-state index contributed by atoms with van der Waals surface area (Å²) in [7, 11) is 8.27. The van der Waals surface area contributed by atoms with Crippen molar-refractivity contribution in [2.45, 2.75) is 19.9 Å². The highest BCUT2D eigenvalue weighted by atomic mass is 127. The van der Waals surface area contributed by atoms with Gasteiger partial charge in [0.05, 0.1) is 28.4 Å². The maximum atomic E-state index is 5.54. The maximum Gasteiger partial charge on any atom is 0.203 e. The zero-order valence-corrected chi connectivity index (χ0v) is 20.8. The van der Waals surface area contributed by atoms with Crippen LogP contribution in [0.5, 0.6) is 23.0 Å². The van der Waals surface area contributed by atoms with Gasteiger partial charge in [-0.1, -0.05) is 18.2 Å². The minimum atomic E-state index is 0. The SMILES string of the molecule is CN=C(NCCc1ccc(OC)c(OC)c1OC)NCc1ccc(C)cc1OC.I. The van der Waals surface area contributed by atoms with Crippen LogP contribution in [0.3, 0.4) is 0 Å². The van der Waals surface area contributed by atoms with E-state index in [0.717, 1.165) is 28.9 Å². The van der Waals surface area contributed by atoms with E-state index in [1.807, 2.05) is 25.1 Å². The van der Waals surface area contributed by atoms with Crippen LogP contribution in [-0.4, -0.2) is 48.0 Å². The predicted molar refractivity (Wildman–Crippen MR) is 131 cm³/mol. The number of aryl methyl sites for hydroxylation is 1. The molecule has 0 aromatic heterocycles. The fourth-order valence-electron chi connectivity index (χ4n) is 3.07. The van der Waals surface area contributed by atoms with E-state index in [9.17, 15) is 0 Å². The summed E-state index contributed by atoms with van der Waals surface area (Å²) in [5, 5.41) is 6.64. The number of hydrogen-bond donors (Lipinski definition) is 2. The summed E-state index contributed by atoms with van der Waals surface area (Å²) in [4.78, 5) is 4.29. The van der Waals surface area contributed by atoms with Crippen LogP contribution in [0.25, 0.3) is 0 Å². The van der Waals surface area contributed by atoms with Gasteiger partial charge in [-0.15, -0.1) is 24.0 Å². The fourth-order valence-corrected chi connectivity index (χ4v) is 3.07. The number of ether oxygens (including phenoxy) is 4. The van der Waals surface area contributed by atoms with Crippen LogP contribution in [0.15, 0.2) is 35.3 Å². The molecule has 0 aliphatic rings. The van der Waals surface area contributed by atoms with E-state index in [2.05, 4.69) is 27.8 Å². The fraction of sp³-hybridized carbons (Fsp3) is 0.409. The van der Waals surface area contributed by atoms with Gasteiger partial charge in [0, 0.05) is 31.3 Å². The topological polar surface area (TPSA) is 73.3 Å². The normalized spacial score (nSPS) is 10.7. The van der Waals surface area contributed by atoms with E-state index in [1.165, 1.54) is 0 Å². The van der Waals surface area contributed by atoms with Crippen LogP contribution >= 0.6 is 24.0 Å². The molecule has 0 bridgehead atoms. The quantitative estimate of drug-likeness (QED) is 0.294. The zero-order valence-electron chi connectivity index (χ0n) is 18.5. The van der Waals surface area contributed by atoms with Crippen LogP contribution in [0.1, 0.15) is 16.7 Å². The molecule has 30 heavy (non-hydrogen) atoms. The van der Waals surface area contributed by atoms with Gasteiger partial charge in [-0.2, -0.15) is 0 Å². The summed E-state index contributed by atoms with van der Waals surface area (Å²) in [5.41, 5.74) is 3.26. The van der Waals surface area contributed by atoms with Gasteiger partial charge in [0.25, 0.3) is 0 Å². The molecule has 0 aliphatic carbocycles. The lowest BCUT2D eigenvalue weighted by atomic mass is 10.1. The van der Waals surface area contributed by atoms with Gasteiger partial charge in [-0.25, -0.2) is 0 Å². The van der Waals surface area contributed by atoms with Crippen molar-refractivity contribution in [1.82, 2.24) is 10.6 Å². The highest BCUT2D eigenvalue weighted by Gasteiger charge is 2.15. The molecule has 2 rings (SSSR count). The average Bonchev–Trinajstić information content (AvgIpc) is 2.75. The Kier molecular flexibility index (Phi) is 11.2. The number of halogens is 1. The minimum Gasteiger partial charge on any atom is -0.496 e. The molecule has 0 saturated heterocycles. The van der Waals surface area contributed by atoms with Crippen LogP contribution in [-0.2, 0) is 13.0 Å². The largest absolute Gasteiger partial charge is 0.496 e. The standard InChI is InChI=1S/C22H31N3O4.HI/c1-15-7-8-17(19(13-15)27-4)14-25-22(23-2)24-12-11-16-9-10-18(26-3)21(29-6)20(16)28-5;/h7-10,13H,11-12,14H2,1-6H3,(H2,23,24,25);1H. The highest BCUT2D eigenvalue weighted by Crippen LogP contribution is 2.39. The van der Waals surface area contributed by atoms with Crippen LogP contribution < -0.4 is 29.6 Å². The van der Waals surface area contributed by atoms with Gasteiger partial charge >= 0.3 is 0 Å². The van der Waals surface area contributed by atoms with Gasteiger partial charge in [0.15, 0.2) is 17.5 Å². The Labute approximate surface area is 196 Å². The second-order valence-electron chi connectivity index (χ2n) is 6.41. The first kappa shape index (κ1) is 25.7. The predicted octanol–water partition coefficient (Wildman–Crippen LogP) is 3.56. The zero-order chi connectivity index (χ0) is 21.2. The highest BCUT2D eigenvalue weighted by molar-refractivity contribution is 14.0. The number of methoxy groups -OCH3 is 4. The molecule has 2 aromatic rings. The lowest BCUT2D eigenvalue weighted by Crippen LogP contribution is -2.38. The minimum absolute atomic E-state index is 0. The Morgan fingerprint density at radius 2 is 1.50 bits per heavy atom. The summed E-state index contributed by atoms with van der Waals surface area (Å²) in [6, 6.07) is 10.0. The molecular formula is C22H32IN3O4. The van der Waals surface area contributed by atoms with Crippen molar-refractivity contribution in [3.63, 3.8) is 0 Å². The molecule has 0 heterocycles. The number of hydrogen-bond acceptors (Lipinski definition) is 5. The van der Waals surface area contributed by atoms with Gasteiger partial charge in [-0.3, -0.25) is 4.99 Å². The Morgan fingerprint density at radius 3 is 2.10 bits per heavy atom. The first-order valence-electron chi connectivity index (χ1n) is 9.43. The molecule has 2 aromatic carbocycles. The molecule has 7 nitrogen and oxygen atoms in total. The number of aliphatic imine (C=N–C) groups is 1. The van der Waals surface area contributed by atoms with Crippen molar-refractivity contribution in [2.75, 3.05) is 42.0 Å². The monoisotopic (exact) mass is 529 g/mol. The van der Waals surface area contributed by atoms with E-state index in [0.29, 0.717) is 36.3 Å². The summed E-state index contributed by atoms with van der Waals surface area (Å²) in [6.45, 7) is 3.34. The van der Waals surface area contributed by atoms with Crippen LogP contribution in [0.2, 0.25) is 0 Å². The van der Waals surface area contributed by atoms with Crippen LogP contribution in [0, 0.1) is 6.92 Å². The number of nitrogens with zero attached hydrogens (tertiary/aromatic N) is 1. The van der Waals surface area contributed by atoms with E-state index in [1.54, 1.807) is 35.5 Å². The second kappa shape index (κ2) is 13.0. The number of nitrogens with one attached hydrogen (secondary N) is 2. The summed E-state index contributed by atoms with van der Waals surface area (Å²) >= 11 is 0. The van der Waals surface area contributed by atoms with Gasteiger partial charge in [0.1, 0.15) is 5.75 Å². The van der Waals surface area contributed by atoms with Crippen molar-refractivity contribution in [2.24, 2.45) is 4.99 Å². The molecule has 0 unspecified atom stereocenters. The van der Waals surface area contributed by atoms with Gasteiger partial charge < -0.3 is 29.6 Å². The molecule has 2 N–H and O–H groups in total. The lowest BCUT2D eigenvalue weighted by molar-refractivity contribution is 0.322. The van der Waals surface area contributed by atoms with Crippen LogP contribution in [0.4, 0.5) is 0 Å². The molecule has 0 spiro atoms. The Morgan fingerprint density at radius 1 is 0.833 bits per heavy atom. The Bertz CT molecular complexity index is 843. The first-order valence-corrected chi connectivity index (χ1v) is 9.43. The van der Waals surface area contributed by atoms with E-state index >= 15 is 0 Å². The maximum absolute atomic E-state index is 5.54. The average molecular weight is 529 g/mol. The summed E-state index contributed by atoms with van der Waals surface area (Å²) in [5.74, 6) is 3.50. The summed E-state index contributed by atoms with van der Waals surface area (Å²) in [6.07, 6.45) is 0.734. The first-order chi connectivity index (χ1) is 14.1. The third kappa shape index (κ3) is 6.58. The third-order valence-corrected chi connectivity index (χ3v) is 4.58. The molecule has 0 atom stereocenters. The lowest BCUT2D eigenvalue weighted by Gasteiger charge is -2.17. The molecular weight excluding hydrogens is 497 g/mol. The Hall–Kier alpha value is -2.36. The van der Waals surface area contributed by atoms with E-state index in [-0.39, 0.29) is 24.0 Å². The van der Waals surface area contributed by atoms with Crippen molar-refractivity contribution in [1.29, 1.82) is 0 Å². The molecule has 0 aliphatic heterocycles.